The van der Waals surface area contributed by atoms with Crippen LogP contribution in [0.3, 0.4) is 0 Å². The summed E-state index contributed by atoms with van der Waals surface area (Å²) in [6.07, 6.45) is -5.00. The van der Waals surface area contributed by atoms with Crippen LogP contribution in [-0.4, -0.2) is 16.0 Å². The molecular weight excluding hydrogens is 439 g/mol. The van der Waals surface area contributed by atoms with Crippen LogP contribution in [0.15, 0.2) is 78.9 Å². The number of hydrogen-bond donors (Lipinski definition) is 1. The summed E-state index contributed by atoms with van der Waals surface area (Å²) >= 11 is 5.81. The first-order valence-corrected chi connectivity index (χ1v) is 10.5. The number of benzene rings is 3. The van der Waals surface area contributed by atoms with E-state index in [-0.39, 0.29) is 18.0 Å². The molecule has 0 aromatic heterocycles. The zero-order chi connectivity index (χ0) is 23.3. The van der Waals surface area contributed by atoms with Crippen molar-refractivity contribution in [2.24, 2.45) is 0 Å². The largest absolute Gasteiger partial charge is 0.481 e. The van der Waals surface area contributed by atoms with Crippen molar-refractivity contribution in [2.45, 2.75) is 38.1 Å². The molecule has 3 nitrogen and oxygen atoms in total. The first kappa shape index (κ1) is 23.8. The first-order valence-electron chi connectivity index (χ1n) is 10.1. The van der Waals surface area contributed by atoms with E-state index in [0.717, 1.165) is 17.2 Å². The van der Waals surface area contributed by atoms with Gasteiger partial charge in [-0.2, -0.15) is 13.2 Å². The van der Waals surface area contributed by atoms with Gasteiger partial charge in [0.1, 0.15) is 0 Å². The molecule has 3 aromatic rings. The highest BCUT2D eigenvalue weighted by Gasteiger charge is 2.35. The van der Waals surface area contributed by atoms with Crippen LogP contribution in [0, 0.1) is 0 Å². The summed E-state index contributed by atoms with van der Waals surface area (Å²) in [6.45, 7) is 2.28. The third-order valence-corrected chi connectivity index (χ3v) is 5.77. The van der Waals surface area contributed by atoms with Crippen molar-refractivity contribution < 1.29 is 23.1 Å². The highest BCUT2D eigenvalue weighted by Crippen LogP contribution is 2.40. The fourth-order valence-corrected chi connectivity index (χ4v) is 4.02. The molecule has 7 heteroatoms. The molecule has 0 bridgehead atoms. The number of carboxylic acid groups (broad SMARTS) is 1. The molecule has 0 aliphatic heterocycles. The van der Waals surface area contributed by atoms with Gasteiger partial charge >= 0.3 is 12.1 Å². The maximum atomic E-state index is 13.5. The molecular formula is C25H23ClF3NO2. The Labute approximate surface area is 190 Å². The van der Waals surface area contributed by atoms with Gasteiger partial charge in [-0.25, -0.2) is 0 Å². The lowest BCUT2D eigenvalue weighted by Gasteiger charge is -2.37. The zero-order valence-electron chi connectivity index (χ0n) is 17.4. The van der Waals surface area contributed by atoms with Gasteiger partial charge in [-0.1, -0.05) is 78.3 Å². The predicted octanol–water partition coefficient (Wildman–Crippen LogP) is 7.14. The number of aliphatic carboxylic acids is 1. The Balaban J connectivity index is 2.11. The molecule has 0 aliphatic carbocycles. The molecule has 168 valence electrons. The summed E-state index contributed by atoms with van der Waals surface area (Å²) in [5, 5.41) is 9.21. The van der Waals surface area contributed by atoms with Gasteiger partial charge < -0.3 is 5.11 Å². The second-order valence-corrected chi connectivity index (χ2v) is 8.00. The average molecular weight is 462 g/mol. The molecule has 0 aliphatic rings. The molecule has 0 fully saturated rings. The number of alkyl halides is 3. The van der Waals surface area contributed by atoms with Crippen LogP contribution in [0.2, 0.25) is 5.02 Å². The Morgan fingerprint density at radius 3 is 2.12 bits per heavy atom. The lowest BCUT2D eigenvalue weighted by molar-refractivity contribution is -0.138. The second-order valence-electron chi connectivity index (χ2n) is 7.60. The quantitative estimate of drug-likeness (QED) is 0.387. The maximum Gasteiger partial charge on any atom is 0.417 e. The van der Waals surface area contributed by atoms with E-state index in [2.05, 4.69) is 0 Å². The average Bonchev–Trinajstić information content (AvgIpc) is 2.76. The topological polar surface area (TPSA) is 40.5 Å². The Hall–Kier alpha value is -2.83. The van der Waals surface area contributed by atoms with E-state index in [1.54, 1.807) is 0 Å². The van der Waals surface area contributed by atoms with E-state index < -0.39 is 28.8 Å². The summed E-state index contributed by atoms with van der Waals surface area (Å²) in [4.78, 5) is 13.7. The first-order chi connectivity index (χ1) is 15.2. The molecule has 32 heavy (non-hydrogen) atoms. The lowest BCUT2D eigenvalue weighted by Crippen LogP contribution is -2.33. The smallest absolute Gasteiger partial charge is 0.417 e. The van der Waals surface area contributed by atoms with Crippen LogP contribution in [0.4, 0.5) is 13.2 Å². The standard InChI is InChI=1S/C25H23ClF3NO2/c1-17(19-10-6-3-7-11-19)30(16-18-8-4-2-5-9-18)23(15-24(31)32)20-12-13-22(26)21(14-20)25(27,28)29/h2-14,17,23H,15-16H2,1H3,(H,31,32)/t17-,23+/m1/s1. The van der Waals surface area contributed by atoms with E-state index in [1.165, 1.54) is 12.1 Å². The van der Waals surface area contributed by atoms with Crippen LogP contribution in [0.1, 0.15) is 47.7 Å². The van der Waals surface area contributed by atoms with Gasteiger partial charge in [0.05, 0.1) is 17.0 Å². The number of hydrogen-bond acceptors (Lipinski definition) is 2. The van der Waals surface area contributed by atoms with Crippen molar-refractivity contribution in [3.05, 3.63) is 106 Å². The minimum absolute atomic E-state index is 0.253. The van der Waals surface area contributed by atoms with E-state index in [0.29, 0.717) is 6.54 Å². The normalized spacial score (nSPS) is 13.7. The summed E-state index contributed by atoms with van der Waals surface area (Å²) in [5.74, 6) is -1.10. The van der Waals surface area contributed by atoms with Crippen molar-refractivity contribution in [1.82, 2.24) is 4.90 Å². The van der Waals surface area contributed by atoms with E-state index in [9.17, 15) is 23.1 Å². The van der Waals surface area contributed by atoms with Crippen LogP contribution >= 0.6 is 11.6 Å². The molecule has 0 radical (unpaired) electrons. The van der Waals surface area contributed by atoms with Gasteiger partial charge in [-0.05, 0) is 35.7 Å². The molecule has 3 aromatic carbocycles. The Bertz CT molecular complexity index is 1040. The van der Waals surface area contributed by atoms with Crippen LogP contribution in [0.25, 0.3) is 0 Å². The number of halogens is 4. The minimum Gasteiger partial charge on any atom is -0.481 e. The third-order valence-electron chi connectivity index (χ3n) is 5.44. The number of carbonyl (C=O) groups is 1. The van der Waals surface area contributed by atoms with Crippen molar-refractivity contribution in [1.29, 1.82) is 0 Å². The van der Waals surface area contributed by atoms with Crippen molar-refractivity contribution in [3.8, 4) is 0 Å². The summed E-state index contributed by atoms with van der Waals surface area (Å²) in [6, 6.07) is 21.5. The number of nitrogens with zero attached hydrogens (tertiary/aromatic N) is 1. The molecule has 0 amide bonds. The van der Waals surface area contributed by atoms with Gasteiger partial charge in [-0.15, -0.1) is 0 Å². The van der Waals surface area contributed by atoms with Gasteiger partial charge in [0, 0.05) is 18.6 Å². The number of rotatable bonds is 8. The maximum absolute atomic E-state index is 13.5. The highest BCUT2D eigenvalue weighted by atomic mass is 35.5. The highest BCUT2D eigenvalue weighted by molar-refractivity contribution is 6.31. The SMILES string of the molecule is C[C@H](c1ccccc1)N(Cc1ccccc1)[C@@H](CC(=O)O)c1ccc(Cl)c(C(F)(F)F)c1. The molecule has 0 unspecified atom stereocenters. The predicted molar refractivity (Wildman–Crippen MR) is 118 cm³/mol. The van der Waals surface area contributed by atoms with Crippen LogP contribution < -0.4 is 0 Å². The summed E-state index contributed by atoms with van der Waals surface area (Å²) < 4.78 is 40.5. The van der Waals surface area contributed by atoms with Gasteiger partial charge in [0.15, 0.2) is 0 Å². The summed E-state index contributed by atoms with van der Waals surface area (Å²) in [5.41, 5.74) is 1.14. The van der Waals surface area contributed by atoms with Gasteiger partial charge in [0.2, 0.25) is 0 Å². The monoisotopic (exact) mass is 461 g/mol. The van der Waals surface area contributed by atoms with E-state index in [4.69, 9.17) is 11.6 Å². The zero-order valence-corrected chi connectivity index (χ0v) is 18.1. The molecule has 0 spiro atoms. The Morgan fingerprint density at radius 2 is 1.56 bits per heavy atom. The molecule has 3 rings (SSSR count). The van der Waals surface area contributed by atoms with Crippen LogP contribution in [-0.2, 0) is 17.5 Å². The third kappa shape index (κ3) is 5.90. The fraction of sp³-hybridized carbons (Fsp3) is 0.240. The van der Waals surface area contributed by atoms with E-state index >= 15 is 0 Å². The Morgan fingerprint density at radius 1 is 0.969 bits per heavy atom. The molecule has 0 heterocycles. The van der Waals surface area contributed by atoms with Crippen LogP contribution in [0.5, 0.6) is 0 Å². The van der Waals surface area contributed by atoms with Crippen molar-refractivity contribution in [3.63, 3.8) is 0 Å². The lowest BCUT2D eigenvalue weighted by atomic mass is 9.95. The fourth-order valence-electron chi connectivity index (χ4n) is 3.79. The molecule has 1 N–H and O–H groups in total. The van der Waals surface area contributed by atoms with Crippen molar-refractivity contribution in [2.75, 3.05) is 0 Å². The van der Waals surface area contributed by atoms with E-state index in [1.807, 2.05) is 72.5 Å². The second kappa shape index (κ2) is 10.2. The molecule has 0 saturated carbocycles. The van der Waals surface area contributed by atoms with Gasteiger partial charge in [-0.3, -0.25) is 9.69 Å². The van der Waals surface area contributed by atoms with Gasteiger partial charge in [0.25, 0.3) is 0 Å². The Kier molecular flexibility index (Phi) is 7.59. The minimum atomic E-state index is -4.64. The molecule has 2 atom stereocenters. The number of carboxylic acids is 1. The molecule has 0 saturated heterocycles. The van der Waals surface area contributed by atoms with Crippen molar-refractivity contribution >= 4 is 17.6 Å². The summed E-state index contributed by atoms with van der Waals surface area (Å²) in [7, 11) is 0.